The Bertz CT molecular complexity index is 1230. The third-order valence-corrected chi connectivity index (χ3v) is 4.81. The number of amides is 3. The second-order valence-electron chi connectivity index (χ2n) is 7.31. The number of carbonyl (C=O) groups is 3. The van der Waals surface area contributed by atoms with Gasteiger partial charge in [-0.2, -0.15) is 5.10 Å². The van der Waals surface area contributed by atoms with Gasteiger partial charge in [-0.3, -0.25) is 14.4 Å². The summed E-state index contributed by atoms with van der Waals surface area (Å²) in [6, 6.07) is 21.0. The van der Waals surface area contributed by atoms with E-state index in [4.69, 9.17) is 9.47 Å². The van der Waals surface area contributed by atoms with Crippen LogP contribution in [0.3, 0.4) is 0 Å². The van der Waals surface area contributed by atoms with E-state index in [9.17, 15) is 14.4 Å². The molecule has 0 saturated carbocycles. The van der Waals surface area contributed by atoms with Gasteiger partial charge in [0.2, 0.25) is 0 Å². The number of para-hydroxylation sites is 1. The van der Waals surface area contributed by atoms with Crippen molar-refractivity contribution in [3.8, 4) is 11.5 Å². The molecule has 0 radical (unpaired) electrons. The summed E-state index contributed by atoms with van der Waals surface area (Å²) in [4.78, 5) is 36.3. The summed E-state index contributed by atoms with van der Waals surface area (Å²) >= 11 is 0. The Morgan fingerprint density at radius 3 is 2.46 bits per heavy atom. The topological polar surface area (TPSA) is 118 Å². The lowest BCUT2D eigenvalue weighted by molar-refractivity contribution is -0.136. The van der Waals surface area contributed by atoms with Crippen LogP contribution in [0.5, 0.6) is 11.5 Å². The van der Waals surface area contributed by atoms with Gasteiger partial charge in [-0.1, -0.05) is 43.3 Å². The minimum Gasteiger partial charge on any atom is -0.497 e. The molecule has 0 aliphatic rings. The summed E-state index contributed by atoms with van der Waals surface area (Å²) in [5.41, 5.74) is 4.99. The molecule has 3 aromatic carbocycles. The van der Waals surface area contributed by atoms with Crippen molar-refractivity contribution in [3.05, 3.63) is 83.9 Å². The first-order valence-corrected chi connectivity index (χ1v) is 10.9. The Labute approximate surface area is 203 Å². The number of hydrogen-bond donors (Lipinski definition) is 3. The fraction of sp³-hybridized carbons (Fsp3) is 0.154. The van der Waals surface area contributed by atoms with Gasteiger partial charge in [-0.25, -0.2) is 5.43 Å². The highest BCUT2D eigenvalue weighted by atomic mass is 16.5. The predicted octanol–water partition coefficient (Wildman–Crippen LogP) is 3.36. The van der Waals surface area contributed by atoms with Crippen molar-refractivity contribution in [3.63, 3.8) is 0 Å². The second-order valence-corrected chi connectivity index (χ2v) is 7.31. The lowest BCUT2D eigenvalue weighted by Crippen LogP contribution is -2.32. The van der Waals surface area contributed by atoms with Crippen LogP contribution in [0.2, 0.25) is 0 Å². The molecule has 9 nitrogen and oxygen atoms in total. The Kier molecular flexibility index (Phi) is 8.95. The summed E-state index contributed by atoms with van der Waals surface area (Å²) < 4.78 is 10.6. The highest BCUT2D eigenvalue weighted by molar-refractivity contribution is 6.39. The first kappa shape index (κ1) is 25.0. The van der Waals surface area contributed by atoms with Gasteiger partial charge in [0, 0.05) is 17.4 Å². The van der Waals surface area contributed by atoms with Crippen molar-refractivity contribution in [1.29, 1.82) is 0 Å². The minimum absolute atomic E-state index is 0.167. The van der Waals surface area contributed by atoms with Crippen LogP contribution in [0.4, 0.5) is 11.4 Å². The molecule has 0 atom stereocenters. The maximum Gasteiger partial charge on any atom is 0.329 e. The van der Waals surface area contributed by atoms with E-state index < -0.39 is 11.8 Å². The Hall–Kier alpha value is -4.66. The molecule has 0 bridgehead atoms. The molecular weight excluding hydrogens is 448 g/mol. The molecule has 3 amide bonds. The summed E-state index contributed by atoms with van der Waals surface area (Å²) in [6.45, 7) is 1.85. The molecule has 0 aliphatic heterocycles. The third kappa shape index (κ3) is 7.71. The van der Waals surface area contributed by atoms with Crippen molar-refractivity contribution in [1.82, 2.24) is 5.43 Å². The van der Waals surface area contributed by atoms with Crippen molar-refractivity contribution < 1.29 is 23.9 Å². The minimum atomic E-state index is -0.930. The van der Waals surface area contributed by atoms with Gasteiger partial charge in [0.05, 0.1) is 13.3 Å². The van der Waals surface area contributed by atoms with Gasteiger partial charge in [-0.05, 0) is 47.9 Å². The predicted molar refractivity (Wildman–Crippen MR) is 134 cm³/mol. The fourth-order valence-corrected chi connectivity index (χ4v) is 3.08. The molecule has 0 fully saturated rings. The van der Waals surface area contributed by atoms with Crippen LogP contribution in [-0.4, -0.2) is 37.7 Å². The number of methoxy groups -OCH3 is 1. The number of hydrogen-bond acceptors (Lipinski definition) is 6. The summed E-state index contributed by atoms with van der Waals surface area (Å²) in [5, 5.41) is 9.11. The lowest BCUT2D eigenvalue weighted by Gasteiger charge is -2.10. The van der Waals surface area contributed by atoms with Crippen molar-refractivity contribution in [2.45, 2.75) is 13.3 Å². The lowest BCUT2D eigenvalue weighted by atomic mass is 10.1. The average Bonchev–Trinajstić information content (AvgIpc) is 2.88. The largest absolute Gasteiger partial charge is 0.497 e. The van der Waals surface area contributed by atoms with Crippen LogP contribution < -0.4 is 25.5 Å². The number of hydrazone groups is 1. The van der Waals surface area contributed by atoms with Crippen molar-refractivity contribution in [2.24, 2.45) is 5.10 Å². The number of aryl methyl sites for hydroxylation is 1. The molecule has 0 aromatic heterocycles. The monoisotopic (exact) mass is 474 g/mol. The zero-order valence-electron chi connectivity index (χ0n) is 19.4. The quantitative estimate of drug-likeness (QED) is 0.250. The van der Waals surface area contributed by atoms with Gasteiger partial charge in [-0.15, -0.1) is 0 Å². The summed E-state index contributed by atoms with van der Waals surface area (Å²) in [7, 11) is 1.50. The van der Waals surface area contributed by atoms with Crippen LogP contribution >= 0.6 is 0 Å². The van der Waals surface area contributed by atoms with Crippen LogP contribution in [-0.2, 0) is 20.8 Å². The first-order valence-electron chi connectivity index (χ1n) is 10.9. The van der Waals surface area contributed by atoms with Crippen molar-refractivity contribution in [2.75, 3.05) is 24.4 Å². The maximum absolute atomic E-state index is 12.3. The van der Waals surface area contributed by atoms with Crippen LogP contribution in [0.1, 0.15) is 18.1 Å². The Morgan fingerprint density at radius 2 is 1.66 bits per heavy atom. The smallest absolute Gasteiger partial charge is 0.329 e. The van der Waals surface area contributed by atoms with E-state index in [2.05, 4.69) is 21.2 Å². The average molecular weight is 475 g/mol. The molecule has 35 heavy (non-hydrogen) atoms. The number of rotatable bonds is 9. The van der Waals surface area contributed by atoms with Crippen LogP contribution in [0, 0.1) is 0 Å². The van der Waals surface area contributed by atoms with E-state index >= 15 is 0 Å². The molecule has 0 unspecified atom stereocenters. The molecular formula is C26H26N4O5. The van der Waals surface area contributed by atoms with Gasteiger partial charge < -0.3 is 20.1 Å². The molecule has 0 heterocycles. The van der Waals surface area contributed by atoms with E-state index in [1.807, 2.05) is 31.2 Å². The molecule has 9 heteroatoms. The first-order chi connectivity index (χ1) is 17.0. The molecule has 3 rings (SSSR count). The standard InChI is InChI=1S/C26H26N4O5/c1-3-19-9-4-5-13-23(19)29-24(31)17-35-22-12-6-8-18(14-22)16-27-30-26(33)25(32)28-20-10-7-11-21(15-20)34-2/h4-16H,3,17H2,1-2H3,(H,28,32)(H,29,31)(H,30,33)/b27-16-. The molecule has 0 aliphatic carbocycles. The van der Waals surface area contributed by atoms with E-state index in [0.717, 1.165) is 17.7 Å². The van der Waals surface area contributed by atoms with Gasteiger partial charge in [0.15, 0.2) is 6.61 Å². The van der Waals surface area contributed by atoms with E-state index in [0.29, 0.717) is 22.7 Å². The van der Waals surface area contributed by atoms with Gasteiger partial charge in [0.1, 0.15) is 11.5 Å². The second kappa shape index (κ2) is 12.5. The molecule has 3 N–H and O–H groups in total. The van der Waals surface area contributed by atoms with E-state index in [1.165, 1.54) is 13.3 Å². The number of ether oxygens (including phenoxy) is 2. The highest BCUT2D eigenvalue weighted by Crippen LogP contribution is 2.17. The molecule has 0 saturated heterocycles. The summed E-state index contributed by atoms with van der Waals surface area (Å²) in [6.07, 6.45) is 2.17. The van der Waals surface area contributed by atoms with Crippen LogP contribution in [0.25, 0.3) is 0 Å². The van der Waals surface area contributed by atoms with E-state index in [-0.39, 0.29) is 12.5 Å². The Balaban J connectivity index is 1.49. The SMILES string of the molecule is CCc1ccccc1NC(=O)COc1cccc(/C=N\NC(=O)C(=O)Nc2cccc(OC)c2)c1. The number of benzene rings is 3. The molecule has 0 spiro atoms. The van der Waals surface area contributed by atoms with E-state index in [1.54, 1.807) is 48.5 Å². The van der Waals surface area contributed by atoms with Crippen LogP contribution in [0.15, 0.2) is 77.9 Å². The van der Waals surface area contributed by atoms with Crippen molar-refractivity contribution >= 4 is 35.3 Å². The Morgan fingerprint density at radius 1 is 0.886 bits per heavy atom. The maximum atomic E-state index is 12.3. The normalized spacial score (nSPS) is 10.5. The van der Waals surface area contributed by atoms with Gasteiger partial charge in [0.25, 0.3) is 5.91 Å². The number of nitrogens with one attached hydrogen (secondary N) is 3. The number of nitrogens with zero attached hydrogens (tertiary/aromatic N) is 1. The third-order valence-electron chi connectivity index (χ3n) is 4.81. The number of anilines is 2. The number of carbonyl (C=O) groups excluding carboxylic acids is 3. The summed E-state index contributed by atoms with van der Waals surface area (Å²) in [5.74, 6) is -1.08. The fourth-order valence-electron chi connectivity index (χ4n) is 3.08. The zero-order valence-corrected chi connectivity index (χ0v) is 19.4. The molecule has 180 valence electrons. The molecule has 3 aromatic rings. The highest BCUT2D eigenvalue weighted by Gasteiger charge is 2.13. The zero-order chi connectivity index (χ0) is 25.0. The van der Waals surface area contributed by atoms with Gasteiger partial charge >= 0.3 is 11.8 Å².